The predicted molar refractivity (Wildman–Crippen MR) is 95.3 cm³/mol. The van der Waals surface area contributed by atoms with Crippen LogP contribution in [0.25, 0.3) is 5.69 Å². The lowest BCUT2D eigenvalue weighted by atomic mass is 10.1. The summed E-state index contributed by atoms with van der Waals surface area (Å²) in [4.78, 5) is 16.3. The Morgan fingerprint density at radius 2 is 1.81 bits per heavy atom. The second-order valence-electron chi connectivity index (χ2n) is 5.63. The molecule has 1 unspecified atom stereocenters. The van der Waals surface area contributed by atoms with Crippen LogP contribution in [-0.4, -0.2) is 27.3 Å². The predicted octanol–water partition coefficient (Wildman–Crippen LogP) is 4.01. The van der Waals surface area contributed by atoms with E-state index < -0.39 is 12.5 Å². The smallest absolute Gasteiger partial charge is 0.387 e. The molecule has 3 aromatic rings. The van der Waals surface area contributed by atoms with Gasteiger partial charge in [0.1, 0.15) is 12.1 Å². The van der Waals surface area contributed by atoms with Crippen LogP contribution in [0.1, 0.15) is 29.1 Å². The van der Waals surface area contributed by atoms with E-state index in [9.17, 15) is 13.6 Å². The van der Waals surface area contributed by atoms with Gasteiger partial charge in [-0.05, 0) is 48.9 Å². The molecule has 0 aliphatic carbocycles. The number of nitrogens with one attached hydrogen (secondary N) is 1. The van der Waals surface area contributed by atoms with E-state index in [1.807, 2.05) is 19.1 Å². The molecule has 0 aliphatic heterocycles. The Morgan fingerprint density at radius 3 is 2.44 bits per heavy atom. The highest BCUT2D eigenvalue weighted by Gasteiger charge is 2.16. The van der Waals surface area contributed by atoms with Crippen molar-refractivity contribution in [2.45, 2.75) is 19.6 Å². The molecule has 0 saturated carbocycles. The second-order valence-corrected chi connectivity index (χ2v) is 6.07. The van der Waals surface area contributed by atoms with Crippen molar-refractivity contribution in [2.75, 3.05) is 0 Å². The number of alkyl halides is 2. The number of amides is 1. The molecule has 6 nitrogen and oxygen atoms in total. The van der Waals surface area contributed by atoms with Crippen LogP contribution >= 0.6 is 11.6 Å². The molecule has 1 atom stereocenters. The first-order valence-electron chi connectivity index (χ1n) is 7.95. The Morgan fingerprint density at radius 1 is 1.15 bits per heavy atom. The van der Waals surface area contributed by atoms with Crippen LogP contribution < -0.4 is 10.1 Å². The maximum absolute atomic E-state index is 12.3. The standard InChI is InChI=1S/C18H15ClF2N4O2/c1-11(12-2-4-13(19)5-3-12)23-17(26)16-22-10-25(24-16)14-6-8-15(9-7-14)27-18(20)21/h2-11,18H,1H3,(H,23,26). The molecular formula is C18H15ClF2N4O2. The van der Waals surface area contributed by atoms with E-state index in [0.29, 0.717) is 10.7 Å². The zero-order valence-electron chi connectivity index (χ0n) is 14.1. The lowest BCUT2D eigenvalue weighted by Gasteiger charge is -2.13. The van der Waals surface area contributed by atoms with Crippen LogP contribution in [0.3, 0.4) is 0 Å². The fourth-order valence-corrected chi connectivity index (χ4v) is 2.49. The maximum Gasteiger partial charge on any atom is 0.387 e. The molecule has 1 amide bonds. The molecule has 3 rings (SSSR count). The third-order valence-electron chi connectivity index (χ3n) is 3.74. The minimum Gasteiger partial charge on any atom is -0.435 e. The topological polar surface area (TPSA) is 69.0 Å². The van der Waals surface area contributed by atoms with Gasteiger partial charge in [0.05, 0.1) is 11.7 Å². The van der Waals surface area contributed by atoms with Gasteiger partial charge in [-0.3, -0.25) is 4.79 Å². The SMILES string of the molecule is CC(NC(=O)c1ncn(-c2ccc(OC(F)F)cc2)n1)c1ccc(Cl)cc1. The molecule has 1 heterocycles. The highest BCUT2D eigenvalue weighted by Crippen LogP contribution is 2.18. The molecule has 27 heavy (non-hydrogen) atoms. The first-order chi connectivity index (χ1) is 12.9. The molecular weight excluding hydrogens is 378 g/mol. The van der Waals surface area contributed by atoms with Crippen LogP contribution in [0.2, 0.25) is 5.02 Å². The van der Waals surface area contributed by atoms with E-state index in [2.05, 4.69) is 20.1 Å². The molecule has 0 fully saturated rings. The average molecular weight is 393 g/mol. The first kappa shape index (κ1) is 18.8. The van der Waals surface area contributed by atoms with Crippen molar-refractivity contribution in [3.63, 3.8) is 0 Å². The van der Waals surface area contributed by atoms with Gasteiger partial charge in [-0.2, -0.15) is 8.78 Å². The van der Waals surface area contributed by atoms with Crippen LogP contribution in [-0.2, 0) is 0 Å². The third-order valence-corrected chi connectivity index (χ3v) is 3.99. The largest absolute Gasteiger partial charge is 0.435 e. The lowest BCUT2D eigenvalue weighted by Crippen LogP contribution is -2.27. The number of rotatable bonds is 6. The van der Waals surface area contributed by atoms with Gasteiger partial charge in [-0.15, -0.1) is 5.10 Å². The Balaban J connectivity index is 1.67. The number of halogens is 3. The van der Waals surface area contributed by atoms with Crippen molar-refractivity contribution in [3.05, 3.63) is 71.3 Å². The lowest BCUT2D eigenvalue weighted by molar-refractivity contribution is -0.0498. The van der Waals surface area contributed by atoms with Gasteiger partial charge in [-0.1, -0.05) is 23.7 Å². The Hall–Kier alpha value is -3.00. The van der Waals surface area contributed by atoms with Crippen LogP contribution in [0.4, 0.5) is 8.78 Å². The number of aromatic nitrogens is 3. The molecule has 1 N–H and O–H groups in total. The van der Waals surface area contributed by atoms with Gasteiger partial charge < -0.3 is 10.1 Å². The van der Waals surface area contributed by atoms with Crippen LogP contribution in [0.5, 0.6) is 5.75 Å². The molecule has 1 aromatic heterocycles. The van der Waals surface area contributed by atoms with E-state index in [4.69, 9.17) is 11.6 Å². The fraction of sp³-hybridized carbons (Fsp3) is 0.167. The summed E-state index contributed by atoms with van der Waals surface area (Å²) in [7, 11) is 0. The van der Waals surface area contributed by atoms with Gasteiger partial charge in [0.2, 0.25) is 5.82 Å². The van der Waals surface area contributed by atoms with Gasteiger partial charge in [0.25, 0.3) is 5.91 Å². The van der Waals surface area contributed by atoms with Crippen molar-refractivity contribution in [1.82, 2.24) is 20.1 Å². The number of carbonyl (C=O) groups is 1. The molecule has 9 heteroatoms. The number of carbonyl (C=O) groups excluding carboxylic acids is 1. The third kappa shape index (κ3) is 4.79. The number of ether oxygens (including phenoxy) is 1. The van der Waals surface area contributed by atoms with Crippen molar-refractivity contribution < 1.29 is 18.3 Å². The second kappa shape index (κ2) is 8.13. The Kier molecular flexibility index (Phi) is 5.66. The average Bonchev–Trinajstić information content (AvgIpc) is 3.12. The van der Waals surface area contributed by atoms with Crippen LogP contribution in [0.15, 0.2) is 54.9 Å². The molecule has 0 spiro atoms. The highest BCUT2D eigenvalue weighted by atomic mass is 35.5. The summed E-state index contributed by atoms with van der Waals surface area (Å²) in [5, 5.41) is 7.53. The molecule has 2 aromatic carbocycles. The van der Waals surface area contributed by atoms with Crippen molar-refractivity contribution >= 4 is 17.5 Å². The van der Waals surface area contributed by atoms with Crippen LogP contribution in [0, 0.1) is 0 Å². The quantitative estimate of drug-likeness (QED) is 0.688. The number of hydrogen-bond donors (Lipinski definition) is 1. The summed E-state index contributed by atoms with van der Waals surface area (Å²) in [5.74, 6) is -0.416. The fourth-order valence-electron chi connectivity index (χ4n) is 2.37. The molecule has 0 bridgehead atoms. The number of hydrogen-bond acceptors (Lipinski definition) is 4. The zero-order valence-corrected chi connectivity index (χ0v) is 14.9. The Bertz CT molecular complexity index is 914. The molecule has 0 radical (unpaired) electrons. The van der Waals surface area contributed by atoms with Gasteiger partial charge >= 0.3 is 6.61 Å². The number of benzene rings is 2. The van der Waals surface area contributed by atoms with Gasteiger partial charge in [-0.25, -0.2) is 9.67 Å². The van der Waals surface area contributed by atoms with E-state index in [0.717, 1.165) is 5.56 Å². The summed E-state index contributed by atoms with van der Waals surface area (Å²) in [6.07, 6.45) is 1.37. The zero-order chi connectivity index (χ0) is 19.4. The van der Waals surface area contributed by atoms with Crippen molar-refractivity contribution in [1.29, 1.82) is 0 Å². The van der Waals surface area contributed by atoms with E-state index in [1.54, 1.807) is 12.1 Å². The number of nitrogens with zero attached hydrogens (tertiary/aromatic N) is 3. The summed E-state index contributed by atoms with van der Waals surface area (Å²) >= 11 is 5.86. The van der Waals surface area contributed by atoms with Gasteiger partial charge in [0, 0.05) is 5.02 Å². The molecule has 140 valence electrons. The normalized spacial score (nSPS) is 12.0. The van der Waals surface area contributed by atoms with Gasteiger partial charge in [0.15, 0.2) is 0 Å². The minimum absolute atomic E-state index is 0.0104. The summed E-state index contributed by atoms with van der Waals surface area (Å²) in [6.45, 7) is -1.06. The molecule has 0 saturated heterocycles. The summed E-state index contributed by atoms with van der Waals surface area (Å²) < 4.78 is 30.0. The van der Waals surface area contributed by atoms with E-state index >= 15 is 0 Å². The first-order valence-corrected chi connectivity index (χ1v) is 8.33. The summed E-state index contributed by atoms with van der Waals surface area (Å²) in [5.41, 5.74) is 1.44. The van der Waals surface area contributed by atoms with Crippen molar-refractivity contribution in [2.24, 2.45) is 0 Å². The Labute approximate surface area is 158 Å². The highest BCUT2D eigenvalue weighted by molar-refractivity contribution is 6.30. The maximum atomic E-state index is 12.3. The summed E-state index contributed by atoms with van der Waals surface area (Å²) in [6, 6.07) is 12.7. The van der Waals surface area contributed by atoms with Crippen molar-refractivity contribution in [3.8, 4) is 11.4 Å². The monoisotopic (exact) mass is 392 g/mol. The van der Waals surface area contributed by atoms with E-state index in [-0.39, 0.29) is 17.6 Å². The minimum atomic E-state index is -2.89. The molecule has 0 aliphatic rings. The van der Waals surface area contributed by atoms with E-state index in [1.165, 1.54) is 35.3 Å².